The normalized spacial score (nSPS) is 16.3. The maximum atomic E-state index is 13.0. The number of aryl methyl sites for hydroxylation is 1. The van der Waals surface area contributed by atoms with Crippen molar-refractivity contribution >= 4 is 5.91 Å². The lowest BCUT2D eigenvalue weighted by atomic mass is 9.97. The van der Waals surface area contributed by atoms with Crippen LogP contribution in [-0.4, -0.2) is 48.7 Å². The number of rotatable bonds is 6. The molecule has 2 N–H and O–H groups in total. The number of alkyl halides is 3. The third-order valence-corrected chi connectivity index (χ3v) is 4.98. The summed E-state index contributed by atoms with van der Waals surface area (Å²) in [5.41, 5.74) is 6.81. The summed E-state index contributed by atoms with van der Waals surface area (Å²) in [5, 5.41) is 0. The standard InChI is InChI=1S/C21H24F3N3O3/c1-3-30-20-17(19(25)28)13(2)12-16(26-20)18(27-8-10-29-11-9-27)14-4-6-15(7-5-14)21(22,23)24/h4-7,12,18H,3,8-11H2,1-2H3,(H2,25,28). The van der Waals surface area contributed by atoms with Crippen LogP contribution in [0.2, 0.25) is 0 Å². The van der Waals surface area contributed by atoms with Gasteiger partial charge in [-0.2, -0.15) is 13.2 Å². The Morgan fingerprint density at radius 2 is 1.90 bits per heavy atom. The monoisotopic (exact) mass is 423 g/mol. The molecule has 3 rings (SSSR count). The van der Waals surface area contributed by atoms with E-state index in [4.69, 9.17) is 15.2 Å². The van der Waals surface area contributed by atoms with Crippen molar-refractivity contribution in [1.82, 2.24) is 9.88 Å². The quantitative estimate of drug-likeness (QED) is 0.771. The van der Waals surface area contributed by atoms with Gasteiger partial charge in [-0.15, -0.1) is 0 Å². The maximum absolute atomic E-state index is 13.0. The Kier molecular flexibility index (Phi) is 6.62. The number of morpholine rings is 1. The Hall–Kier alpha value is -2.65. The summed E-state index contributed by atoms with van der Waals surface area (Å²) in [6.07, 6.45) is -4.41. The van der Waals surface area contributed by atoms with Gasteiger partial charge in [0.25, 0.3) is 5.91 Å². The first-order valence-electron chi connectivity index (χ1n) is 9.65. The first-order valence-corrected chi connectivity index (χ1v) is 9.65. The van der Waals surface area contributed by atoms with E-state index in [1.54, 1.807) is 19.9 Å². The predicted octanol–water partition coefficient (Wildman–Crippen LogP) is 3.33. The Morgan fingerprint density at radius 1 is 1.27 bits per heavy atom. The smallest absolute Gasteiger partial charge is 0.416 e. The van der Waals surface area contributed by atoms with E-state index in [-0.39, 0.29) is 11.4 Å². The van der Waals surface area contributed by atoms with Gasteiger partial charge in [-0.3, -0.25) is 9.69 Å². The van der Waals surface area contributed by atoms with E-state index in [9.17, 15) is 18.0 Å². The number of benzene rings is 1. The third kappa shape index (κ3) is 4.73. The van der Waals surface area contributed by atoms with Crippen LogP contribution in [0.5, 0.6) is 5.88 Å². The summed E-state index contributed by atoms with van der Waals surface area (Å²) >= 11 is 0. The van der Waals surface area contributed by atoms with Gasteiger partial charge in [0.2, 0.25) is 5.88 Å². The molecule has 1 saturated heterocycles. The fraction of sp³-hybridized carbons (Fsp3) is 0.429. The van der Waals surface area contributed by atoms with Gasteiger partial charge in [0.15, 0.2) is 0 Å². The van der Waals surface area contributed by atoms with Gasteiger partial charge in [-0.25, -0.2) is 4.98 Å². The molecule has 1 aromatic carbocycles. The van der Waals surface area contributed by atoms with Crippen molar-refractivity contribution in [3.8, 4) is 5.88 Å². The van der Waals surface area contributed by atoms with Gasteiger partial charge in [0.1, 0.15) is 5.56 Å². The Balaban J connectivity index is 2.10. The van der Waals surface area contributed by atoms with E-state index >= 15 is 0 Å². The zero-order valence-corrected chi connectivity index (χ0v) is 16.8. The number of halogens is 3. The first kappa shape index (κ1) is 22.0. The van der Waals surface area contributed by atoms with Crippen molar-refractivity contribution in [3.63, 3.8) is 0 Å². The molecule has 1 aliphatic rings. The van der Waals surface area contributed by atoms with E-state index < -0.39 is 23.7 Å². The summed E-state index contributed by atoms with van der Waals surface area (Å²) in [6, 6.07) is 6.37. The molecule has 1 atom stereocenters. The molecular formula is C21H24F3N3O3. The van der Waals surface area contributed by atoms with Crippen molar-refractivity contribution in [2.75, 3.05) is 32.9 Å². The Bertz CT molecular complexity index is 895. The van der Waals surface area contributed by atoms with Crippen LogP contribution in [0.4, 0.5) is 13.2 Å². The molecule has 0 aliphatic carbocycles. The molecule has 9 heteroatoms. The average Bonchev–Trinajstić information content (AvgIpc) is 2.68. The van der Waals surface area contributed by atoms with Crippen LogP contribution in [-0.2, 0) is 10.9 Å². The molecule has 0 bridgehead atoms. The Labute approximate surface area is 172 Å². The number of hydrogen-bond donors (Lipinski definition) is 1. The van der Waals surface area contributed by atoms with Crippen molar-refractivity contribution in [3.05, 3.63) is 58.3 Å². The molecule has 1 aliphatic heterocycles. The van der Waals surface area contributed by atoms with Gasteiger partial charge in [-0.05, 0) is 43.2 Å². The lowest BCUT2D eigenvalue weighted by Crippen LogP contribution is -2.40. The van der Waals surface area contributed by atoms with Crippen LogP contribution in [0.15, 0.2) is 30.3 Å². The fourth-order valence-corrected chi connectivity index (χ4v) is 3.61. The minimum atomic E-state index is -4.41. The zero-order valence-electron chi connectivity index (χ0n) is 16.8. The molecule has 1 amide bonds. The second-order valence-corrected chi connectivity index (χ2v) is 7.01. The van der Waals surface area contributed by atoms with Gasteiger partial charge in [-0.1, -0.05) is 12.1 Å². The van der Waals surface area contributed by atoms with Crippen molar-refractivity contribution in [1.29, 1.82) is 0 Å². The van der Waals surface area contributed by atoms with E-state index in [1.807, 2.05) is 0 Å². The topological polar surface area (TPSA) is 77.7 Å². The molecule has 162 valence electrons. The predicted molar refractivity (Wildman–Crippen MR) is 104 cm³/mol. The summed E-state index contributed by atoms with van der Waals surface area (Å²) in [6.45, 7) is 5.99. The number of carbonyl (C=O) groups is 1. The lowest BCUT2D eigenvalue weighted by molar-refractivity contribution is -0.137. The number of carbonyl (C=O) groups excluding carboxylic acids is 1. The number of primary amides is 1. The van der Waals surface area contributed by atoms with E-state index in [1.165, 1.54) is 12.1 Å². The molecule has 1 unspecified atom stereocenters. The molecular weight excluding hydrogens is 399 g/mol. The van der Waals surface area contributed by atoms with Crippen LogP contribution >= 0.6 is 0 Å². The van der Waals surface area contributed by atoms with Crippen molar-refractivity contribution in [2.24, 2.45) is 5.73 Å². The van der Waals surface area contributed by atoms with Crippen molar-refractivity contribution in [2.45, 2.75) is 26.1 Å². The van der Waals surface area contributed by atoms with Crippen LogP contribution in [0.1, 0.15) is 45.7 Å². The minimum Gasteiger partial charge on any atom is -0.477 e. The SMILES string of the molecule is CCOc1nc(C(c2ccc(C(F)(F)F)cc2)N2CCOCC2)cc(C)c1C(N)=O. The zero-order chi connectivity index (χ0) is 21.9. The van der Waals surface area contributed by atoms with Gasteiger partial charge >= 0.3 is 6.18 Å². The summed E-state index contributed by atoms with van der Waals surface area (Å²) in [5.74, 6) is -0.516. The number of ether oxygens (including phenoxy) is 2. The van der Waals surface area contributed by atoms with Crippen LogP contribution in [0.3, 0.4) is 0 Å². The van der Waals surface area contributed by atoms with Crippen LogP contribution < -0.4 is 10.5 Å². The van der Waals surface area contributed by atoms with Crippen molar-refractivity contribution < 1.29 is 27.4 Å². The molecule has 1 fully saturated rings. The maximum Gasteiger partial charge on any atom is 0.416 e. The number of aromatic nitrogens is 1. The molecule has 0 saturated carbocycles. The molecule has 0 radical (unpaired) electrons. The number of hydrogen-bond acceptors (Lipinski definition) is 5. The molecule has 1 aromatic heterocycles. The highest BCUT2D eigenvalue weighted by Gasteiger charge is 2.32. The Morgan fingerprint density at radius 3 is 2.43 bits per heavy atom. The second-order valence-electron chi connectivity index (χ2n) is 7.01. The molecule has 2 aromatic rings. The summed E-state index contributed by atoms with van der Waals surface area (Å²) in [7, 11) is 0. The molecule has 0 spiro atoms. The summed E-state index contributed by atoms with van der Waals surface area (Å²) in [4.78, 5) is 18.5. The molecule has 6 nitrogen and oxygen atoms in total. The average molecular weight is 423 g/mol. The van der Waals surface area contributed by atoms with Crippen LogP contribution in [0, 0.1) is 6.92 Å². The lowest BCUT2D eigenvalue weighted by Gasteiger charge is -2.35. The van der Waals surface area contributed by atoms with Gasteiger partial charge < -0.3 is 15.2 Å². The number of amides is 1. The van der Waals surface area contributed by atoms with E-state index in [0.29, 0.717) is 49.7 Å². The van der Waals surface area contributed by atoms with Gasteiger partial charge in [0, 0.05) is 13.1 Å². The highest BCUT2D eigenvalue weighted by molar-refractivity contribution is 5.96. The number of nitrogens with zero attached hydrogens (tertiary/aromatic N) is 2. The summed E-state index contributed by atoms with van der Waals surface area (Å²) < 4.78 is 50.0. The largest absolute Gasteiger partial charge is 0.477 e. The third-order valence-electron chi connectivity index (χ3n) is 4.98. The molecule has 30 heavy (non-hydrogen) atoms. The van der Waals surface area contributed by atoms with Crippen LogP contribution in [0.25, 0.3) is 0 Å². The number of pyridine rings is 1. The van der Waals surface area contributed by atoms with E-state index in [2.05, 4.69) is 9.88 Å². The first-order chi connectivity index (χ1) is 14.2. The highest BCUT2D eigenvalue weighted by Crippen LogP contribution is 2.34. The van der Waals surface area contributed by atoms with Gasteiger partial charge in [0.05, 0.1) is 37.1 Å². The minimum absolute atomic E-state index is 0.130. The fourth-order valence-electron chi connectivity index (χ4n) is 3.61. The second kappa shape index (κ2) is 9.01. The molecule has 2 heterocycles. The highest BCUT2D eigenvalue weighted by atomic mass is 19.4. The van der Waals surface area contributed by atoms with E-state index in [0.717, 1.165) is 12.1 Å². The number of nitrogens with two attached hydrogens (primary N) is 1.